The third-order valence-electron chi connectivity index (χ3n) is 3.86. The molecule has 19 heavy (non-hydrogen) atoms. The summed E-state index contributed by atoms with van der Waals surface area (Å²) in [6.45, 7) is 6.45. The summed E-state index contributed by atoms with van der Waals surface area (Å²) < 4.78 is 26.3. The molecule has 1 fully saturated rings. The molecule has 0 bridgehead atoms. The zero-order valence-corrected chi connectivity index (χ0v) is 13.6. The first-order valence-electron chi connectivity index (χ1n) is 6.83. The number of thiocarbonyl (C=S) groups is 1. The molecule has 2 N–H and O–H groups in total. The maximum Gasteiger partial charge on any atom is 0.223 e. The second kappa shape index (κ2) is 6.97. The van der Waals surface area contributed by atoms with E-state index in [1.807, 2.05) is 0 Å². The lowest BCUT2D eigenvalue weighted by Gasteiger charge is -2.29. The van der Waals surface area contributed by atoms with Crippen molar-refractivity contribution < 1.29 is 8.42 Å². The Balaban J connectivity index is 2.76. The molecule has 2 unspecified atom stereocenters. The molecule has 1 heterocycles. The van der Waals surface area contributed by atoms with Crippen LogP contribution in [0.25, 0.3) is 0 Å². The molecule has 0 aliphatic carbocycles. The Bertz CT molecular complexity index is 411. The molecule has 112 valence electrons. The van der Waals surface area contributed by atoms with Crippen LogP contribution in [0, 0.1) is 0 Å². The summed E-state index contributed by atoms with van der Waals surface area (Å²) in [5, 5.41) is -0.746. The van der Waals surface area contributed by atoms with E-state index in [1.165, 1.54) is 4.31 Å². The van der Waals surface area contributed by atoms with E-state index in [4.69, 9.17) is 18.0 Å². The highest BCUT2D eigenvalue weighted by atomic mass is 32.2. The van der Waals surface area contributed by atoms with E-state index in [2.05, 4.69) is 11.8 Å². The lowest BCUT2D eigenvalue weighted by molar-refractivity contribution is 0.237. The van der Waals surface area contributed by atoms with Crippen molar-refractivity contribution in [2.24, 2.45) is 5.73 Å². The first-order chi connectivity index (χ1) is 8.84. The highest BCUT2D eigenvalue weighted by Crippen LogP contribution is 2.20. The van der Waals surface area contributed by atoms with Crippen LogP contribution in [0.4, 0.5) is 0 Å². The van der Waals surface area contributed by atoms with Crippen LogP contribution >= 0.6 is 12.2 Å². The minimum Gasteiger partial charge on any atom is -0.392 e. The summed E-state index contributed by atoms with van der Waals surface area (Å²) in [5.74, 6) is 0. The summed E-state index contributed by atoms with van der Waals surface area (Å²) in [5.41, 5.74) is 5.55. The molecule has 0 saturated carbocycles. The van der Waals surface area contributed by atoms with E-state index in [0.717, 1.165) is 25.9 Å². The number of hydrogen-bond donors (Lipinski definition) is 1. The van der Waals surface area contributed by atoms with Gasteiger partial charge in [-0.05, 0) is 32.4 Å². The SMILES string of the molecule is CCC(C(N)=S)S(=O)(=O)N(C)CC1CCCN1CC. The largest absolute Gasteiger partial charge is 0.392 e. The molecule has 0 spiro atoms. The van der Waals surface area contributed by atoms with Crippen LogP contribution in [0.2, 0.25) is 0 Å². The smallest absolute Gasteiger partial charge is 0.223 e. The van der Waals surface area contributed by atoms with Crippen molar-refractivity contribution in [3.63, 3.8) is 0 Å². The number of nitrogens with two attached hydrogens (primary N) is 1. The fraction of sp³-hybridized carbons (Fsp3) is 0.917. The van der Waals surface area contributed by atoms with Crippen molar-refractivity contribution in [3.8, 4) is 0 Å². The first kappa shape index (κ1) is 16.8. The van der Waals surface area contributed by atoms with Crippen LogP contribution in [-0.2, 0) is 10.0 Å². The summed E-state index contributed by atoms with van der Waals surface area (Å²) in [4.78, 5) is 2.39. The monoisotopic (exact) mass is 307 g/mol. The topological polar surface area (TPSA) is 66.6 Å². The molecule has 1 aliphatic rings. The van der Waals surface area contributed by atoms with E-state index < -0.39 is 15.3 Å². The van der Waals surface area contributed by atoms with Crippen LogP contribution in [-0.4, -0.2) is 60.6 Å². The van der Waals surface area contributed by atoms with Gasteiger partial charge in [-0.3, -0.25) is 4.90 Å². The van der Waals surface area contributed by atoms with Crippen molar-refractivity contribution in [1.29, 1.82) is 0 Å². The van der Waals surface area contributed by atoms with Crippen LogP contribution in [0.1, 0.15) is 33.1 Å². The average Bonchev–Trinajstić information content (AvgIpc) is 2.76. The maximum atomic E-state index is 12.4. The van der Waals surface area contributed by atoms with Gasteiger partial charge in [0.15, 0.2) is 0 Å². The van der Waals surface area contributed by atoms with E-state index in [1.54, 1.807) is 14.0 Å². The van der Waals surface area contributed by atoms with E-state index in [9.17, 15) is 8.42 Å². The summed E-state index contributed by atoms with van der Waals surface area (Å²) in [6.07, 6.45) is 2.61. The molecular formula is C12H25N3O2S2. The van der Waals surface area contributed by atoms with Crippen LogP contribution < -0.4 is 5.73 Å². The van der Waals surface area contributed by atoms with E-state index >= 15 is 0 Å². The molecule has 0 aromatic heterocycles. The van der Waals surface area contributed by atoms with Gasteiger partial charge in [0.1, 0.15) is 5.25 Å². The zero-order chi connectivity index (χ0) is 14.6. The second-order valence-corrected chi connectivity index (χ2v) is 7.74. The van der Waals surface area contributed by atoms with Gasteiger partial charge in [-0.2, -0.15) is 0 Å². The number of likely N-dealkylation sites (N-methyl/N-ethyl adjacent to an activating group) is 2. The molecule has 0 radical (unpaired) electrons. The predicted octanol–water partition coefficient (Wildman–Crippen LogP) is 0.797. The highest BCUT2D eigenvalue weighted by Gasteiger charge is 2.33. The third-order valence-corrected chi connectivity index (χ3v) is 6.61. The molecule has 0 amide bonds. The predicted molar refractivity (Wildman–Crippen MR) is 82.7 cm³/mol. The van der Waals surface area contributed by atoms with Crippen molar-refractivity contribution in [1.82, 2.24) is 9.21 Å². The Labute approximate surface area is 122 Å². The first-order valence-corrected chi connectivity index (χ1v) is 8.74. The fourth-order valence-corrected chi connectivity index (χ4v) is 4.76. The van der Waals surface area contributed by atoms with Crippen LogP contribution in [0.3, 0.4) is 0 Å². The summed E-state index contributed by atoms with van der Waals surface area (Å²) in [7, 11) is -1.80. The Kier molecular flexibility index (Phi) is 6.16. The van der Waals surface area contributed by atoms with Gasteiger partial charge in [-0.25, -0.2) is 12.7 Å². The Morgan fingerprint density at radius 3 is 2.63 bits per heavy atom. The van der Waals surface area contributed by atoms with Gasteiger partial charge in [-0.15, -0.1) is 0 Å². The average molecular weight is 307 g/mol. The van der Waals surface area contributed by atoms with Gasteiger partial charge < -0.3 is 5.73 Å². The molecule has 1 aliphatic heterocycles. The van der Waals surface area contributed by atoms with Crippen LogP contribution in [0.5, 0.6) is 0 Å². The van der Waals surface area contributed by atoms with E-state index in [0.29, 0.717) is 19.0 Å². The molecule has 1 rings (SSSR count). The number of hydrogen-bond acceptors (Lipinski definition) is 4. The second-order valence-electron chi connectivity index (χ2n) is 5.05. The van der Waals surface area contributed by atoms with Crippen molar-refractivity contribution >= 4 is 27.2 Å². The van der Waals surface area contributed by atoms with Crippen molar-refractivity contribution in [3.05, 3.63) is 0 Å². The van der Waals surface area contributed by atoms with E-state index in [-0.39, 0.29) is 4.99 Å². The van der Waals surface area contributed by atoms with Gasteiger partial charge in [0.05, 0.1) is 4.99 Å². The molecule has 0 aromatic carbocycles. The van der Waals surface area contributed by atoms with Crippen molar-refractivity contribution in [2.75, 3.05) is 26.7 Å². The number of sulfonamides is 1. The molecule has 7 heteroatoms. The lowest BCUT2D eigenvalue weighted by atomic mass is 10.2. The van der Waals surface area contributed by atoms with Crippen molar-refractivity contribution in [2.45, 2.75) is 44.4 Å². The summed E-state index contributed by atoms with van der Waals surface area (Å²) in [6, 6.07) is 0.314. The number of likely N-dealkylation sites (tertiary alicyclic amines) is 1. The molecule has 1 saturated heterocycles. The van der Waals surface area contributed by atoms with Gasteiger partial charge in [-0.1, -0.05) is 26.1 Å². The third kappa shape index (κ3) is 3.87. The molecular weight excluding hydrogens is 282 g/mol. The minimum absolute atomic E-state index is 0.0631. The highest BCUT2D eigenvalue weighted by molar-refractivity contribution is 7.92. The Hall–Kier alpha value is -0.240. The normalized spacial score (nSPS) is 22.8. The van der Waals surface area contributed by atoms with Crippen LogP contribution in [0.15, 0.2) is 0 Å². The van der Waals surface area contributed by atoms with Gasteiger partial charge in [0, 0.05) is 19.6 Å². The van der Waals surface area contributed by atoms with Gasteiger partial charge >= 0.3 is 0 Å². The minimum atomic E-state index is -3.43. The van der Waals surface area contributed by atoms with Gasteiger partial charge in [0.2, 0.25) is 10.0 Å². The molecule has 0 aromatic rings. The fourth-order valence-electron chi connectivity index (χ4n) is 2.69. The quantitative estimate of drug-likeness (QED) is 0.705. The Morgan fingerprint density at radius 2 is 2.16 bits per heavy atom. The molecule has 5 nitrogen and oxygen atoms in total. The number of nitrogens with zero attached hydrogens (tertiary/aromatic N) is 2. The lowest BCUT2D eigenvalue weighted by Crippen LogP contribution is -2.47. The summed E-state index contributed by atoms with van der Waals surface area (Å²) >= 11 is 4.87. The standard InChI is InChI=1S/C12H25N3O2S2/c1-4-11(12(13)18)19(16,17)14(3)9-10-7-6-8-15(10)5-2/h10-11H,4-9H2,1-3H3,(H2,13,18). The number of rotatable bonds is 7. The molecule has 2 atom stereocenters. The maximum absolute atomic E-state index is 12.4. The van der Waals surface area contributed by atoms with Gasteiger partial charge in [0.25, 0.3) is 0 Å². The Morgan fingerprint density at radius 1 is 1.53 bits per heavy atom. The zero-order valence-electron chi connectivity index (χ0n) is 12.0.